The maximum atomic E-state index is 14.6. The highest BCUT2D eigenvalue weighted by Crippen LogP contribution is 2.30. The van der Waals surface area contributed by atoms with Crippen molar-refractivity contribution in [2.45, 2.75) is 64.1 Å². The van der Waals surface area contributed by atoms with Crippen LogP contribution >= 0.6 is 0 Å². The van der Waals surface area contributed by atoms with Gasteiger partial charge in [-0.05, 0) is 76.1 Å². The Morgan fingerprint density at radius 3 is 2.10 bits per heavy atom. The summed E-state index contributed by atoms with van der Waals surface area (Å²) in [6, 6.07) is 25.5. The number of nitrogens with zero attached hydrogens (tertiary/aromatic N) is 3. The van der Waals surface area contributed by atoms with E-state index in [1.807, 2.05) is 82.3 Å². The molecule has 2 amide bonds. The molecule has 0 heterocycles. The van der Waals surface area contributed by atoms with Gasteiger partial charge in [0.05, 0.1) is 22.6 Å². The van der Waals surface area contributed by atoms with Crippen LogP contribution in [0, 0.1) is 24.0 Å². The van der Waals surface area contributed by atoms with Gasteiger partial charge in [0.25, 0.3) is 15.7 Å². The van der Waals surface area contributed by atoms with Crippen molar-refractivity contribution in [3.8, 4) is 5.75 Å². The highest BCUT2D eigenvalue weighted by molar-refractivity contribution is 7.92. The average Bonchev–Trinajstić information content (AvgIpc) is 3.05. The van der Waals surface area contributed by atoms with Gasteiger partial charge in [-0.15, -0.1) is 0 Å². The summed E-state index contributed by atoms with van der Waals surface area (Å²) in [5, 5.41) is 14.7. The first-order chi connectivity index (χ1) is 23.1. The Kier molecular flexibility index (Phi) is 11.5. The molecule has 0 aliphatic carbocycles. The van der Waals surface area contributed by atoms with Crippen LogP contribution in [-0.2, 0) is 32.6 Å². The molecule has 1 N–H and O–H groups in total. The SMILES string of the molecule is COc1ccc(N(CC(=O)N(Cc2ccc(C)cc2)C(Cc2ccccc2)C(=O)NC(C)(C)C)S(=O)(=O)c2ccc(C)c([N+](=O)[O-])c2)cc1. The fraction of sp³-hybridized carbons (Fsp3) is 0.297. The zero-order valence-corrected chi connectivity index (χ0v) is 29.4. The minimum Gasteiger partial charge on any atom is -0.497 e. The summed E-state index contributed by atoms with van der Waals surface area (Å²) in [5.41, 5.74) is 1.99. The number of carbonyl (C=O) groups excluding carboxylic acids is 2. The molecular weight excluding hydrogens is 644 g/mol. The molecule has 11 nitrogen and oxygen atoms in total. The van der Waals surface area contributed by atoms with Crippen molar-refractivity contribution in [3.05, 3.63) is 129 Å². The molecule has 4 aromatic rings. The van der Waals surface area contributed by atoms with Crippen LogP contribution in [0.1, 0.15) is 43.0 Å². The highest BCUT2D eigenvalue weighted by atomic mass is 32.2. The molecule has 0 spiro atoms. The lowest BCUT2D eigenvalue weighted by molar-refractivity contribution is -0.385. The molecule has 0 saturated carbocycles. The van der Waals surface area contributed by atoms with E-state index in [1.54, 1.807) is 12.1 Å². The van der Waals surface area contributed by atoms with E-state index in [0.29, 0.717) is 5.75 Å². The number of hydrogen-bond acceptors (Lipinski definition) is 7. The number of carbonyl (C=O) groups is 2. The zero-order chi connectivity index (χ0) is 35.9. The number of nitrogens with one attached hydrogen (secondary N) is 1. The number of nitro groups is 1. The van der Waals surface area contributed by atoms with Crippen LogP contribution in [0.25, 0.3) is 0 Å². The van der Waals surface area contributed by atoms with Crippen LogP contribution in [0.5, 0.6) is 5.75 Å². The van der Waals surface area contributed by atoms with E-state index in [0.717, 1.165) is 27.1 Å². The summed E-state index contributed by atoms with van der Waals surface area (Å²) in [6.07, 6.45) is 0.166. The normalized spacial score (nSPS) is 12.1. The second-order valence-electron chi connectivity index (χ2n) is 12.9. The summed E-state index contributed by atoms with van der Waals surface area (Å²) in [4.78, 5) is 40.8. The quantitative estimate of drug-likeness (QED) is 0.135. The number of sulfonamides is 1. The minimum atomic E-state index is -4.55. The molecule has 1 unspecified atom stereocenters. The predicted molar refractivity (Wildman–Crippen MR) is 189 cm³/mol. The Morgan fingerprint density at radius 2 is 1.53 bits per heavy atom. The van der Waals surface area contributed by atoms with Gasteiger partial charge in [0, 0.05) is 30.1 Å². The number of aryl methyl sites for hydroxylation is 2. The summed E-state index contributed by atoms with van der Waals surface area (Å²) in [6.45, 7) is 8.30. The van der Waals surface area contributed by atoms with Gasteiger partial charge >= 0.3 is 0 Å². The number of benzene rings is 4. The second-order valence-corrected chi connectivity index (χ2v) is 14.7. The lowest BCUT2D eigenvalue weighted by atomic mass is 10.0. The number of methoxy groups -OCH3 is 1. The largest absolute Gasteiger partial charge is 0.497 e. The number of hydrogen-bond donors (Lipinski definition) is 1. The summed E-state index contributed by atoms with van der Waals surface area (Å²) >= 11 is 0. The molecule has 0 fully saturated rings. The van der Waals surface area contributed by atoms with Crippen LogP contribution in [0.4, 0.5) is 11.4 Å². The molecule has 258 valence electrons. The summed E-state index contributed by atoms with van der Waals surface area (Å²) < 4.78 is 34.8. The van der Waals surface area contributed by atoms with Crippen LogP contribution in [0.15, 0.2) is 102 Å². The molecule has 0 aliphatic heterocycles. The van der Waals surface area contributed by atoms with Crippen molar-refractivity contribution in [3.63, 3.8) is 0 Å². The molecule has 0 saturated heterocycles. The Hall–Kier alpha value is -5.23. The first-order valence-electron chi connectivity index (χ1n) is 15.7. The second kappa shape index (κ2) is 15.3. The van der Waals surface area contributed by atoms with E-state index < -0.39 is 44.9 Å². The third-order valence-electron chi connectivity index (χ3n) is 7.85. The third kappa shape index (κ3) is 9.44. The monoisotopic (exact) mass is 686 g/mol. The standard InChI is InChI=1S/C37H42N4O7S/c1-26-12-15-29(16-13-26)24-39(34(36(43)38-37(3,4)5)22-28-10-8-7-9-11-28)35(42)25-40(30-17-19-31(48-6)20-18-30)49(46,47)32-21-14-27(2)33(23-32)41(44)45/h7-21,23,34H,22,24-25H2,1-6H3,(H,38,43). The average molecular weight is 687 g/mol. The van der Waals surface area contributed by atoms with Crippen LogP contribution in [0.2, 0.25) is 0 Å². The lowest BCUT2D eigenvalue weighted by Crippen LogP contribution is -2.56. The van der Waals surface area contributed by atoms with Gasteiger partial charge in [0.15, 0.2) is 0 Å². The first kappa shape index (κ1) is 36.6. The smallest absolute Gasteiger partial charge is 0.273 e. The topological polar surface area (TPSA) is 139 Å². The number of rotatable bonds is 13. The number of nitro benzene ring substituents is 1. The van der Waals surface area contributed by atoms with Gasteiger partial charge in [-0.3, -0.25) is 24.0 Å². The van der Waals surface area contributed by atoms with Crippen molar-refractivity contribution >= 4 is 33.2 Å². The first-order valence-corrected chi connectivity index (χ1v) is 17.2. The van der Waals surface area contributed by atoms with Crippen LogP contribution < -0.4 is 14.4 Å². The van der Waals surface area contributed by atoms with E-state index in [4.69, 9.17) is 4.74 Å². The fourth-order valence-electron chi connectivity index (χ4n) is 5.25. The molecule has 0 bridgehead atoms. The van der Waals surface area contributed by atoms with E-state index in [-0.39, 0.29) is 34.8 Å². The maximum Gasteiger partial charge on any atom is 0.273 e. The molecule has 1 atom stereocenters. The van der Waals surface area contributed by atoms with Crippen molar-refractivity contribution in [1.82, 2.24) is 10.2 Å². The number of amides is 2. The number of anilines is 1. The van der Waals surface area contributed by atoms with Gasteiger partial charge in [0.1, 0.15) is 18.3 Å². The third-order valence-corrected chi connectivity index (χ3v) is 9.62. The maximum absolute atomic E-state index is 14.6. The van der Waals surface area contributed by atoms with Gasteiger partial charge < -0.3 is 15.0 Å². The van der Waals surface area contributed by atoms with Crippen molar-refractivity contribution in [2.75, 3.05) is 18.0 Å². The fourth-order valence-corrected chi connectivity index (χ4v) is 6.68. The Balaban J connectivity index is 1.85. The zero-order valence-electron chi connectivity index (χ0n) is 28.5. The molecule has 0 aromatic heterocycles. The Morgan fingerprint density at radius 1 is 0.898 bits per heavy atom. The molecule has 4 aromatic carbocycles. The van der Waals surface area contributed by atoms with E-state index in [1.165, 1.54) is 43.2 Å². The van der Waals surface area contributed by atoms with Gasteiger partial charge in [-0.25, -0.2) is 8.42 Å². The van der Waals surface area contributed by atoms with Crippen LogP contribution in [-0.4, -0.2) is 55.3 Å². The lowest BCUT2D eigenvalue weighted by Gasteiger charge is -2.35. The van der Waals surface area contributed by atoms with Gasteiger partial charge in [0.2, 0.25) is 11.8 Å². The van der Waals surface area contributed by atoms with Crippen LogP contribution in [0.3, 0.4) is 0 Å². The van der Waals surface area contributed by atoms with Gasteiger partial charge in [-0.1, -0.05) is 66.2 Å². The molecule has 0 aliphatic rings. The molecule has 0 radical (unpaired) electrons. The molecule has 49 heavy (non-hydrogen) atoms. The minimum absolute atomic E-state index is 0.0146. The van der Waals surface area contributed by atoms with E-state index in [2.05, 4.69) is 5.32 Å². The predicted octanol–water partition coefficient (Wildman–Crippen LogP) is 5.97. The Labute approximate surface area is 287 Å². The van der Waals surface area contributed by atoms with E-state index in [9.17, 15) is 28.1 Å². The summed E-state index contributed by atoms with van der Waals surface area (Å²) in [7, 11) is -3.08. The molecule has 4 rings (SSSR count). The van der Waals surface area contributed by atoms with Crippen molar-refractivity contribution < 1.29 is 27.7 Å². The van der Waals surface area contributed by atoms with Crippen molar-refractivity contribution in [1.29, 1.82) is 0 Å². The number of ether oxygens (including phenoxy) is 1. The van der Waals surface area contributed by atoms with E-state index >= 15 is 0 Å². The van der Waals surface area contributed by atoms with Gasteiger partial charge in [-0.2, -0.15) is 0 Å². The van der Waals surface area contributed by atoms with Crippen molar-refractivity contribution in [2.24, 2.45) is 0 Å². The highest BCUT2D eigenvalue weighted by Gasteiger charge is 2.36. The molecule has 12 heteroatoms. The Bertz CT molecular complexity index is 1890. The summed E-state index contributed by atoms with van der Waals surface area (Å²) in [5.74, 6) is -0.586. The molecular formula is C37H42N4O7S.